The summed E-state index contributed by atoms with van der Waals surface area (Å²) in [4.78, 5) is 51.1. The first-order valence-electron chi connectivity index (χ1n) is 44.1. The maximum absolute atomic E-state index is 5.28. The summed E-state index contributed by atoms with van der Waals surface area (Å²) in [5, 5.41) is 0. The van der Waals surface area contributed by atoms with Gasteiger partial charge >= 0.3 is 0 Å². The quantitative estimate of drug-likeness (QED) is 0.0727. The van der Waals surface area contributed by atoms with Crippen molar-refractivity contribution in [3.05, 3.63) is 497 Å². The van der Waals surface area contributed by atoms with Crippen LogP contribution in [0.25, 0.3) is 225 Å². The average molecular weight is 1690 g/mol. The molecule has 0 radical (unpaired) electrons. The highest BCUT2D eigenvalue weighted by Gasteiger charge is 2.21. The fourth-order valence-electron chi connectivity index (χ4n) is 16.6. The third-order valence-electron chi connectivity index (χ3n) is 23.5. The molecule has 4 heterocycles. The fraction of sp³-hybridized carbons (Fsp3) is 0. The summed E-state index contributed by atoms with van der Waals surface area (Å²) in [7, 11) is 0. The number of hydrogen-bond acceptors (Lipinski definition) is 10. The summed E-state index contributed by atoms with van der Waals surface area (Å²) in [6.07, 6.45) is 0. The first-order valence-corrected chi connectivity index (χ1v) is 44.1. The van der Waals surface area contributed by atoms with Crippen molar-refractivity contribution in [2.45, 2.75) is 0 Å². The van der Waals surface area contributed by atoms with E-state index in [2.05, 4.69) is 376 Å². The van der Waals surface area contributed by atoms with Crippen molar-refractivity contribution in [1.82, 2.24) is 49.8 Å². The number of hydrogen-bond donors (Lipinski definition) is 0. The summed E-state index contributed by atoms with van der Waals surface area (Å²) in [6, 6.07) is 172. The Labute approximate surface area is 767 Å². The lowest BCUT2D eigenvalue weighted by Crippen LogP contribution is -2.00. The summed E-state index contributed by atoms with van der Waals surface area (Å²) in [5.74, 6) is 5.04. The predicted octanol–water partition coefficient (Wildman–Crippen LogP) is 30.7. The van der Waals surface area contributed by atoms with Crippen LogP contribution in [-0.2, 0) is 0 Å². The smallest absolute Gasteiger partial charge is 0.164 e. The minimum Gasteiger partial charge on any atom is -0.228 e. The molecule has 22 rings (SSSR count). The highest BCUT2D eigenvalue weighted by atomic mass is 15.0. The Morgan fingerprint density at radius 2 is 0.220 bits per heavy atom. The first kappa shape index (κ1) is 81.2. The number of rotatable bonds is 20. The van der Waals surface area contributed by atoms with E-state index in [-0.39, 0.29) is 0 Å². The van der Waals surface area contributed by atoms with Crippen LogP contribution in [0.5, 0.6) is 0 Å². The van der Waals surface area contributed by atoms with Crippen LogP contribution >= 0.6 is 0 Å². The summed E-state index contributed by atoms with van der Waals surface area (Å²) in [5.41, 5.74) is 32.6. The molecular weight excluding hydrogens is 1610 g/mol. The van der Waals surface area contributed by atoms with E-state index in [4.69, 9.17) is 49.8 Å². The van der Waals surface area contributed by atoms with Crippen LogP contribution in [0, 0.1) is 0 Å². The van der Waals surface area contributed by atoms with Gasteiger partial charge in [0, 0.05) is 66.8 Å². The van der Waals surface area contributed by atoms with E-state index in [1.165, 1.54) is 0 Å². The topological polar surface area (TPSA) is 129 Å². The standard InChI is InChI=1S/2C61H41N5/c1-6-18-42(19-7-1)49-28-16-30-51(36-49)59-64-58(48-26-14-5-15-27-48)65-60(66-59)52-31-17-29-50(37-52)45-32-34-47(35-33-45)57-41-56(46-24-12-4-13-25-46)62-61(63-57)55-39-53(43-20-8-2-9-21-43)38-54(40-55)44-22-10-3-11-23-44;1-6-17-42(18-7-1)45-31-35-50(36-32-45)60-64-59(49-25-14-5-15-26-49)65-61(66-60)52-28-16-27-51(37-52)46-29-33-47(34-30-46)56-41-57(63-58(62-56)48-23-12-4-13-24-48)55-39-53(43-19-8-2-9-20-43)38-54(40-55)44-21-10-3-11-22-44/h2*1-41H. The van der Waals surface area contributed by atoms with Crippen LogP contribution in [-0.4, -0.2) is 49.8 Å². The Morgan fingerprint density at radius 3 is 0.508 bits per heavy atom. The molecule has 0 bridgehead atoms. The second-order valence-electron chi connectivity index (χ2n) is 32.3. The van der Waals surface area contributed by atoms with Crippen molar-refractivity contribution < 1.29 is 0 Å². The van der Waals surface area contributed by atoms with Crippen molar-refractivity contribution in [3.8, 4) is 225 Å². The lowest BCUT2D eigenvalue weighted by molar-refractivity contribution is 1.07. The molecule has 620 valence electrons. The van der Waals surface area contributed by atoms with Gasteiger partial charge in [-0.2, -0.15) is 0 Å². The zero-order chi connectivity index (χ0) is 88.1. The molecule has 4 aromatic heterocycles. The number of nitrogens with zero attached hydrogens (tertiary/aromatic N) is 10. The molecule has 0 saturated carbocycles. The molecule has 0 aliphatic heterocycles. The molecule has 0 fully saturated rings. The van der Waals surface area contributed by atoms with Crippen LogP contribution < -0.4 is 0 Å². The Balaban J connectivity index is 0.000000159. The van der Waals surface area contributed by atoms with Gasteiger partial charge in [0.05, 0.1) is 22.8 Å². The lowest BCUT2D eigenvalue weighted by Gasteiger charge is -2.13. The second-order valence-corrected chi connectivity index (χ2v) is 32.3. The van der Waals surface area contributed by atoms with E-state index in [0.717, 1.165) is 179 Å². The molecule has 0 saturated heterocycles. The molecule has 0 N–H and O–H groups in total. The zero-order valence-electron chi connectivity index (χ0n) is 71.8. The molecule has 10 nitrogen and oxygen atoms in total. The Hall–Kier alpha value is -17.9. The van der Waals surface area contributed by atoms with Crippen LogP contribution in [0.15, 0.2) is 497 Å². The molecule has 0 amide bonds. The van der Waals surface area contributed by atoms with Crippen molar-refractivity contribution in [2.24, 2.45) is 0 Å². The third kappa shape index (κ3) is 18.4. The van der Waals surface area contributed by atoms with E-state index in [0.29, 0.717) is 46.6 Å². The first-order chi connectivity index (χ1) is 65.3. The van der Waals surface area contributed by atoms with Gasteiger partial charge in [0.25, 0.3) is 0 Å². The third-order valence-corrected chi connectivity index (χ3v) is 23.5. The van der Waals surface area contributed by atoms with Crippen LogP contribution in [0.3, 0.4) is 0 Å². The molecule has 132 heavy (non-hydrogen) atoms. The lowest BCUT2D eigenvalue weighted by atomic mass is 9.94. The molecule has 0 aliphatic carbocycles. The largest absolute Gasteiger partial charge is 0.228 e. The normalized spacial score (nSPS) is 11.0. The number of benzene rings is 18. The van der Waals surface area contributed by atoms with Crippen LogP contribution in [0.1, 0.15) is 0 Å². The SMILES string of the molecule is c1ccc(-c2cc(-c3ccccc3)cc(-c3nc(-c4ccccc4)cc(-c4ccc(-c5cccc(-c6nc(-c7ccccc7)nc(-c7cccc(-c8ccccc8)c7)n6)c5)cc4)n3)c2)cc1.c1ccc(-c2ccc(-c3nc(-c4ccccc4)nc(-c4cccc(-c5ccc(-c6cc(-c7cc(-c8ccccc8)cc(-c8ccccc8)c7)nc(-c7ccccc7)n6)cc5)c4)n3)cc2)cc1. The molecule has 0 spiro atoms. The van der Waals surface area contributed by atoms with E-state index < -0.39 is 0 Å². The molecule has 0 unspecified atom stereocenters. The van der Waals surface area contributed by atoms with Crippen molar-refractivity contribution in [3.63, 3.8) is 0 Å². The molecule has 0 aliphatic rings. The Kier molecular flexibility index (Phi) is 23.2. The van der Waals surface area contributed by atoms with Crippen molar-refractivity contribution >= 4 is 0 Å². The average Bonchev–Trinajstić information content (AvgIpc) is 0.785. The van der Waals surface area contributed by atoms with E-state index in [1.807, 2.05) is 121 Å². The fourth-order valence-corrected chi connectivity index (χ4v) is 16.6. The van der Waals surface area contributed by atoms with Gasteiger partial charge in [-0.25, -0.2) is 49.8 Å². The van der Waals surface area contributed by atoms with Crippen LogP contribution in [0.2, 0.25) is 0 Å². The Morgan fingerprint density at radius 1 is 0.0758 bits per heavy atom. The second kappa shape index (κ2) is 37.7. The maximum Gasteiger partial charge on any atom is 0.164 e. The van der Waals surface area contributed by atoms with Gasteiger partial charge < -0.3 is 0 Å². The molecule has 10 heteroatoms. The van der Waals surface area contributed by atoms with Gasteiger partial charge in [0.15, 0.2) is 46.6 Å². The molecular formula is C122H82N10. The van der Waals surface area contributed by atoms with Gasteiger partial charge in [-0.1, -0.05) is 431 Å². The highest BCUT2D eigenvalue weighted by Crippen LogP contribution is 2.41. The summed E-state index contributed by atoms with van der Waals surface area (Å²) >= 11 is 0. The van der Waals surface area contributed by atoms with E-state index in [1.54, 1.807) is 0 Å². The van der Waals surface area contributed by atoms with E-state index in [9.17, 15) is 0 Å². The molecule has 22 aromatic rings. The van der Waals surface area contributed by atoms with Gasteiger partial charge in [0.1, 0.15) is 0 Å². The minimum atomic E-state index is 0.608. The van der Waals surface area contributed by atoms with Crippen molar-refractivity contribution in [1.29, 1.82) is 0 Å². The minimum absolute atomic E-state index is 0.608. The highest BCUT2D eigenvalue weighted by molar-refractivity contribution is 5.86. The van der Waals surface area contributed by atoms with Crippen molar-refractivity contribution in [2.75, 3.05) is 0 Å². The van der Waals surface area contributed by atoms with Gasteiger partial charge in [-0.3, -0.25) is 0 Å². The van der Waals surface area contributed by atoms with E-state index >= 15 is 0 Å². The zero-order valence-corrected chi connectivity index (χ0v) is 71.8. The van der Waals surface area contributed by atoms with Gasteiger partial charge in [-0.15, -0.1) is 0 Å². The van der Waals surface area contributed by atoms with Gasteiger partial charge in [-0.05, 0) is 156 Å². The molecule has 0 atom stereocenters. The Bertz CT molecular complexity index is 7670. The molecule has 18 aromatic carbocycles. The monoisotopic (exact) mass is 1690 g/mol. The van der Waals surface area contributed by atoms with Gasteiger partial charge in [0.2, 0.25) is 0 Å². The summed E-state index contributed by atoms with van der Waals surface area (Å²) in [6.45, 7) is 0. The predicted molar refractivity (Wildman–Crippen MR) is 540 cm³/mol. The number of aromatic nitrogens is 10. The maximum atomic E-state index is 5.28. The van der Waals surface area contributed by atoms with Crippen LogP contribution in [0.4, 0.5) is 0 Å². The summed E-state index contributed by atoms with van der Waals surface area (Å²) < 4.78 is 0.